The predicted molar refractivity (Wildman–Crippen MR) is 119 cm³/mol. The maximum Gasteiger partial charge on any atom is 0.212 e. The molecule has 7 rings (SSSR count). The molecule has 0 aromatic heterocycles. The van der Waals surface area contributed by atoms with Crippen LogP contribution in [0.4, 0.5) is 0 Å². The highest BCUT2D eigenvalue weighted by Gasteiger charge is 3.33. The second-order valence-corrected chi connectivity index (χ2v) is 14.1. The maximum atomic E-state index is 11.8. The third kappa shape index (κ3) is 1.17. The Morgan fingerprint density at radius 2 is 0.966 bits per heavy atom. The molecule has 1 aromatic carbocycles. The van der Waals surface area contributed by atoms with Crippen LogP contribution < -0.4 is 0 Å². The van der Waals surface area contributed by atoms with Gasteiger partial charge >= 0.3 is 0 Å². The van der Waals surface area contributed by atoms with E-state index in [9.17, 15) is 5.11 Å². The molecule has 4 bridgehead atoms. The highest BCUT2D eigenvalue weighted by molar-refractivity contribution is 6.78. The van der Waals surface area contributed by atoms with Crippen molar-refractivity contribution in [2.24, 2.45) is 0 Å². The molecule has 158 valence electrons. The van der Waals surface area contributed by atoms with Crippen LogP contribution in [-0.4, -0.2) is 54.2 Å². The van der Waals surface area contributed by atoms with Gasteiger partial charge in [-0.15, -0.1) is 92.8 Å². The molecule has 2 nitrogen and oxygen atoms in total. The molecule has 1 aromatic rings. The van der Waals surface area contributed by atoms with Gasteiger partial charge in [0.1, 0.15) is 39.0 Å². The van der Waals surface area contributed by atoms with E-state index in [0.717, 1.165) is 5.56 Å². The second kappa shape index (κ2) is 4.88. The van der Waals surface area contributed by atoms with Crippen LogP contribution in [0.5, 0.6) is 0 Å². The number of hydrogen-bond acceptors (Lipinski definition) is 2. The molecule has 1 N–H and O–H groups in total. The topological polar surface area (TPSA) is 29.5 Å². The normalized spacial score (nSPS) is 66.9. The molecular formula is C17H8Cl10O2. The minimum atomic E-state index is -2.41. The summed E-state index contributed by atoms with van der Waals surface area (Å²) in [4.78, 5) is -15.7. The zero-order chi connectivity index (χ0) is 21.5. The SMILES string of the molecule is OC1(OCc2ccccc2)C2(Cl)[C@]3(Cl)C4(Cl)C(Cl)(Cl)C5(Cl)[C@@](Cl)(C1(Cl)[C@@]53Cl)[C@]42Cl. The Balaban J connectivity index is 1.61. The van der Waals surface area contributed by atoms with Gasteiger partial charge in [-0.25, -0.2) is 0 Å². The summed E-state index contributed by atoms with van der Waals surface area (Å²) in [5, 5.41) is 11.8. The number of rotatable bonds is 3. The van der Waals surface area contributed by atoms with Crippen molar-refractivity contribution in [3.63, 3.8) is 0 Å². The second-order valence-electron chi connectivity index (χ2n) is 8.26. The third-order valence-corrected chi connectivity index (χ3v) is 17.1. The molecule has 0 aliphatic heterocycles. The van der Waals surface area contributed by atoms with Crippen molar-refractivity contribution in [3.05, 3.63) is 35.9 Å². The Labute approximate surface area is 215 Å². The average molecular weight is 599 g/mol. The molecule has 0 spiro atoms. The zero-order valence-corrected chi connectivity index (χ0v) is 21.3. The predicted octanol–water partition coefficient (Wildman–Crippen LogP) is 5.95. The summed E-state index contributed by atoms with van der Waals surface area (Å²) in [5.41, 5.74) is 0.727. The van der Waals surface area contributed by atoms with E-state index in [1.165, 1.54) is 0 Å². The minimum absolute atomic E-state index is 0.0857. The maximum absolute atomic E-state index is 11.8. The summed E-state index contributed by atoms with van der Waals surface area (Å²) < 4.78 is 3.90. The molecule has 0 amide bonds. The molecule has 0 heterocycles. The van der Waals surface area contributed by atoms with Crippen molar-refractivity contribution in [2.45, 2.75) is 55.7 Å². The smallest absolute Gasteiger partial charge is 0.212 e. The summed E-state index contributed by atoms with van der Waals surface area (Å²) in [6.45, 7) is -0.0857. The van der Waals surface area contributed by atoms with E-state index in [4.69, 9.17) is 121 Å². The van der Waals surface area contributed by atoms with E-state index in [-0.39, 0.29) is 6.61 Å². The van der Waals surface area contributed by atoms with Crippen molar-refractivity contribution >= 4 is 116 Å². The molecule has 29 heavy (non-hydrogen) atoms. The summed E-state index contributed by atoms with van der Waals surface area (Å²) >= 11 is 69.0. The lowest BCUT2D eigenvalue weighted by Crippen LogP contribution is -3.03. The molecule has 6 saturated carbocycles. The first-order valence-corrected chi connectivity index (χ1v) is 12.2. The Morgan fingerprint density at radius 1 is 0.586 bits per heavy atom. The van der Waals surface area contributed by atoms with Gasteiger partial charge < -0.3 is 9.84 Å². The Hall–Kier alpha value is 2.04. The largest absolute Gasteiger partial charge is 0.362 e. The number of ether oxygens (including phenoxy) is 1. The minimum Gasteiger partial charge on any atom is -0.362 e. The lowest BCUT2D eigenvalue weighted by Gasteiger charge is -2.81. The van der Waals surface area contributed by atoms with E-state index in [0.29, 0.717) is 0 Å². The van der Waals surface area contributed by atoms with Crippen LogP contribution in [0.25, 0.3) is 0 Å². The van der Waals surface area contributed by atoms with Crippen LogP contribution in [0.2, 0.25) is 0 Å². The van der Waals surface area contributed by atoms with Crippen molar-refractivity contribution in [1.82, 2.24) is 0 Å². The van der Waals surface area contributed by atoms with E-state index < -0.39 is 49.1 Å². The van der Waals surface area contributed by atoms with Crippen LogP contribution in [0.1, 0.15) is 5.56 Å². The summed E-state index contributed by atoms with van der Waals surface area (Å²) in [7, 11) is 0. The quantitative estimate of drug-likeness (QED) is 0.344. The number of aliphatic hydroxyl groups is 1. The molecule has 12 heteroatoms. The lowest BCUT2D eigenvalue weighted by atomic mass is 9.41. The molecule has 6 aliphatic carbocycles. The van der Waals surface area contributed by atoms with E-state index >= 15 is 0 Å². The van der Waals surface area contributed by atoms with Gasteiger partial charge in [0.15, 0.2) is 4.33 Å². The molecule has 0 radical (unpaired) electrons. The highest BCUT2D eigenvalue weighted by atomic mass is 35.5. The number of alkyl halides is 10. The van der Waals surface area contributed by atoms with Gasteiger partial charge in [0.25, 0.3) is 0 Å². The van der Waals surface area contributed by atoms with Gasteiger partial charge in [-0.05, 0) is 5.56 Å². The highest BCUT2D eigenvalue weighted by Crippen LogP contribution is 3.12. The Kier molecular flexibility index (Phi) is 3.63. The summed E-state index contributed by atoms with van der Waals surface area (Å²) in [5.74, 6) is -2.41. The van der Waals surface area contributed by atoms with Gasteiger partial charge in [-0.2, -0.15) is 0 Å². The first-order chi connectivity index (χ1) is 13.1. The lowest BCUT2D eigenvalue weighted by molar-refractivity contribution is -0.243. The number of benzene rings is 1. The summed E-state index contributed by atoms with van der Waals surface area (Å²) in [6.07, 6.45) is 0. The van der Waals surface area contributed by atoms with Crippen molar-refractivity contribution in [1.29, 1.82) is 0 Å². The molecule has 6 fully saturated rings. The van der Waals surface area contributed by atoms with Crippen molar-refractivity contribution < 1.29 is 9.84 Å². The molecular weight excluding hydrogens is 591 g/mol. The monoisotopic (exact) mass is 594 g/mol. The van der Waals surface area contributed by atoms with E-state index in [1.54, 1.807) is 24.3 Å². The number of hydrogen-bond donors (Lipinski definition) is 1. The first-order valence-electron chi connectivity index (χ1n) is 8.37. The van der Waals surface area contributed by atoms with Crippen LogP contribution >= 0.6 is 116 Å². The van der Waals surface area contributed by atoms with E-state index in [1.807, 2.05) is 6.07 Å². The third-order valence-electron chi connectivity index (χ3n) is 7.84. The van der Waals surface area contributed by atoms with Gasteiger partial charge in [-0.1, -0.05) is 53.5 Å². The standard InChI is InChI=1S/C17H8Cl10O2/c18-8-9(19)13(23)11(21)10(20,12(8,22)16(13,26)27)14(8,24)17(28,15(9,11)25)29-6-7-4-2-1-3-5-7/h1-5,28H,6H2/t8-,9+,10+,11-,12?,13?,14?,15?,17?. The fourth-order valence-electron chi connectivity index (χ4n) is 6.91. The average Bonchev–Trinajstić information content (AvgIpc) is 2.90. The molecule has 8 atom stereocenters. The Bertz CT molecular complexity index is 931. The van der Waals surface area contributed by atoms with Crippen LogP contribution in [0.15, 0.2) is 30.3 Å². The number of halogens is 10. The Morgan fingerprint density at radius 3 is 1.34 bits per heavy atom. The van der Waals surface area contributed by atoms with Gasteiger partial charge in [0.2, 0.25) is 5.79 Å². The van der Waals surface area contributed by atoms with Gasteiger partial charge in [0, 0.05) is 0 Å². The van der Waals surface area contributed by atoms with Crippen molar-refractivity contribution in [3.8, 4) is 0 Å². The van der Waals surface area contributed by atoms with E-state index in [2.05, 4.69) is 0 Å². The molecule has 0 saturated heterocycles. The fourth-order valence-corrected chi connectivity index (χ4v) is 15.6. The fraction of sp³-hybridized carbons (Fsp3) is 0.647. The summed E-state index contributed by atoms with van der Waals surface area (Å²) in [6, 6.07) is 9.01. The van der Waals surface area contributed by atoms with Crippen LogP contribution in [-0.2, 0) is 11.3 Å². The molecule has 6 aliphatic rings. The zero-order valence-electron chi connectivity index (χ0n) is 13.7. The van der Waals surface area contributed by atoms with Gasteiger partial charge in [-0.3, -0.25) is 0 Å². The van der Waals surface area contributed by atoms with Crippen LogP contribution in [0, 0.1) is 0 Å². The van der Waals surface area contributed by atoms with Crippen molar-refractivity contribution in [2.75, 3.05) is 0 Å². The van der Waals surface area contributed by atoms with Gasteiger partial charge in [0.05, 0.1) is 6.61 Å². The molecule has 4 unspecified atom stereocenters. The van der Waals surface area contributed by atoms with Crippen LogP contribution in [0.3, 0.4) is 0 Å². The first kappa shape index (κ1) is 21.6.